The molecule has 0 aliphatic carbocycles. The summed E-state index contributed by atoms with van der Waals surface area (Å²) in [5.41, 5.74) is 1.73. The zero-order valence-corrected chi connectivity index (χ0v) is 11.2. The predicted octanol–water partition coefficient (Wildman–Crippen LogP) is 1.59. The molecule has 1 atom stereocenters. The minimum absolute atomic E-state index is 0.0364. The van der Waals surface area contributed by atoms with Crippen molar-refractivity contribution in [2.75, 3.05) is 36.9 Å². The summed E-state index contributed by atoms with van der Waals surface area (Å²) in [4.78, 5) is 11.9. The lowest BCUT2D eigenvalue weighted by Gasteiger charge is -2.27. The maximum atomic E-state index is 11.9. The number of carbonyl (C=O) groups is 1. The third kappa shape index (κ3) is 4.82. The van der Waals surface area contributed by atoms with Crippen LogP contribution in [0.5, 0.6) is 0 Å². The van der Waals surface area contributed by atoms with E-state index in [1.807, 2.05) is 24.3 Å². The first-order valence-electron chi connectivity index (χ1n) is 6.47. The van der Waals surface area contributed by atoms with Crippen molar-refractivity contribution in [2.45, 2.75) is 12.2 Å². The number of fused-ring (bicyclic) bond motifs is 1. The van der Waals surface area contributed by atoms with Crippen molar-refractivity contribution in [1.29, 1.82) is 0 Å². The zero-order valence-electron chi connectivity index (χ0n) is 11.2. The van der Waals surface area contributed by atoms with Crippen LogP contribution in [0.25, 0.3) is 0 Å². The molecule has 116 valence electrons. The number of benzene rings is 1. The Bertz CT molecular complexity index is 494. The van der Waals surface area contributed by atoms with E-state index in [9.17, 15) is 18.0 Å². The molecular formula is C13H16F3N3O2. The molecule has 1 aromatic rings. The molecule has 1 amide bonds. The van der Waals surface area contributed by atoms with Crippen LogP contribution in [-0.2, 0) is 9.53 Å². The summed E-state index contributed by atoms with van der Waals surface area (Å²) in [5, 5.41) is 8.71. The average molecular weight is 303 g/mol. The number of carbonyl (C=O) groups excluding carboxylic acids is 1. The van der Waals surface area contributed by atoms with Gasteiger partial charge in [0, 0.05) is 13.1 Å². The van der Waals surface area contributed by atoms with Gasteiger partial charge in [-0.15, -0.1) is 0 Å². The molecule has 21 heavy (non-hydrogen) atoms. The number of alkyl halides is 3. The van der Waals surface area contributed by atoms with Gasteiger partial charge in [-0.25, -0.2) is 0 Å². The normalized spacial score (nSPS) is 17.4. The fourth-order valence-electron chi connectivity index (χ4n) is 1.93. The lowest BCUT2D eigenvalue weighted by atomic mass is 10.1. The van der Waals surface area contributed by atoms with Gasteiger partial charge in [0.1, 0.15) is 12.6 Å². The Kier molecular flexibility index (Phi) is 4.89. The van der Waals surface area contributed by atoms with Crippen LogP contribution in [0.1, 0.15) is 0 Å². The monoisotopic (exact) mass is 303 g/mol. The van der Waals surface area contributed by atoms with Crippen LogP contribution >= 0.6 is 0 Å². The van der Waals surface area contributed by atoms with Crippen molar-refractivity contribution < 1.29 is 22.7 Å². The van der Waals surface area contributed by atoms with Gasteiger partial charge < -0.3 is 20.7 Å². The highest BCUT2D eigenvalue weighted by Gasteiger charge is 2.27. The molecule has 0 bridgehead atoms. The lowest BCUT2D eigenvalue weighted by molar-refractivity contribution is -0.173. The summed E-state index contributed by atoms with van der Waals surface area (Å²) >= 11 is 0. The second-order valence-corrected chi connectivity index (χ2v) is 4.58. The number of nitrogens with one attached hydrogen (secondary N) is 3. The van der Waals surface area contributed by atoms with E-state index in [-0.39, 0.29) is 19.1 Å². The third-order valence-electron chi connectivity index (χ3n) is 2.88. The van der Waals surface area contributed by atoms with Crippen LogP contribution in [0.15, 0.2) is 24.3 Å². The highest BCUT2D eigenvalue weighted by atomic mass is 19.4. The standard InChI is InChI=1S/C13H16F3N3O2/c14-13(15,16)8-21-6-5-17-12(20)11-7-18-9-3-1-2-4-10(9)19-11/h1-4,11,18-19H,5-8H2,(H,17,20). The van der Waals surface area contributed by atoms with Crippen molar-refractivity contribution in [3.05, 3.63) is 24.3 Å². The lowest BCUT2D eigenvalue weighted by Crippen LogP contribution is -2.46. The fraction of sp³-hybridized carbons (Fsp3) is 0.462. The van der Waals surface area contributed by atoms with Crippen LogP contribution in [0.3, 0.4) is 0 Å². The SMILES string of the molecule is O=C(NCCOCC(F)(F)F)C1CNc2ccccc2N1. The summed E-state index contributed by atoms with van der Waals surface area (Å²) in [6.07, 6.45) is -4.34. The second kappa shape index (κ2) is 6.66. The van der Waals surface area contributed by atoms with E-state index in [2.05, 4.69) is 20.7 Å². The van der Waals surface area contributed by atoms with Crippen molar-refractivity contribution in [3.8, 4) is 0 Å². The van der Waals surface area contributed by atoms with Gasteiger partial charge in [0.2, 0.25) is 5.91 Å². The Labute approximate surface area is 119 Å². The number of amides is 1. The number of ether oxygens (including phenoxy) is 1. The molecule has 2 rings (SSSR count). The summed E-state index contributed by atoms with van der Waals surface area (Å²) in [7, 11) is 0. The molecule has 3 N–H and O–H groups in total. The first kappa shape index (κ1) is 15.4. The van der Waals surface area contributed by atoms with Crippen LogP contribution < -0.4 is 16.0 Å². The molecular weight excluding hydrogens is 287 g/mol. The minimum atomic E-state index is -4.34. The molecule has 0 saturated carbocycles. The molecule has 0 radical (unpaired) electrons. The van der Waals surface area contributed by atoms with Crippen molar-refractivity contribution in [2.24, 2.45) is 0 Å². The smallest absolute Gasteiger partial charge is 0.381 e. The number of rotatable bonds is 5. The van der Waals surface area contributed by atoms with Crippen LogP contribution in [0, 0.1) is 0 Å². The van der Waals surface area contributed by atoms with Gasteiger partial charge in [-0.1, -0.05) is 12.1 Å². The molecule has 0 saturated heterocycles. The Hall–Kier alpha value is -1.96. The van der Waals surface area contributed by atoms with Crippen molar-refractivity contribution >= 4 is 17.3 Å². The van der Waals surface area contributed by atoms with Gasteiger partial charge >= 0.3 is 6.18 Å². The zero-order chi connectivity index (χ0) is 15.3. The highest BCUT2D eigenvalue weighted by Crippen LogP contribution is 2.25. The maximum Gasteiger partial charge on any atom is 0.411 e. The molecule has 1 heterocycles. The Morgan fingerprint density at radius 2 is 2.05 bits per heavy atom. The van der Waals surface area contributed by atoms with Gasteiger partial charge in [-0.3, -0.25) is 4.79 Å². The van der Waals surface area contributed by atoms with E-state index in [0.717, 1.165) is 11.4 Å². The van der Waals surface area contributed by atoms with Crippen molar-refractivity contribution in [3.63, 3.8) is 0 Å². The van der Waals surface area contributed by atoms with Gasteiger partial charge in [0.25, 0.3) is 0 Å². The molecule has 0 fully saturated rings. The second-order valence-electron chi connectivity index (χ2n) is 4.58. The summed E-state index contributed by atoms with van der Waals surface area (Å²) < 4.78 is 39.9. The largest absolute Gasteiger partial charge is 0.411 e. The Morgan fingerprint density at radius 3 is 2.76 bits per heavy atom. The first-order chi connectivity index (χ1) is 9.96. The van der Waals surface area contributed by atoms with Crippen LogP contribution in [0.4, 0.5) is 24.5 Å². The molecule has 1 unspecified atom stereocenters. The summed E-state index contributed by atoms with van der Waals surface area (Å²) in [6, 6.07) is 6.99. The number of hydrogen-bond acceptors (Lipinski definition) is 4. The fourth-order valence-corrected chi connectivity index (χ4v) is 1.93. The number of hydrogen-bond donors (Lipinski definition) is 3. The molecule has 1 aromatic carbocycles. The van der Waals surface area contributed by atoms with E-state index < -0.39 is 18.8 Å². The predicted molar refractivity (Wildman–Crippen MR) is 72.2 cm³/mol. The number of halogens is 3. The van der Waals surface area contributed by atoms with E-state index in [4.69, 9.17) is 0 Å². The quantitative estimate of drug-likeness (QED) is 0.723. The maximum absolute atomic E-state index is 11.9. The third-order valence-corrected chi connectivity index (χ3v) is 2.88. The molecule has 0 aromatic heterocycles. The minimum Gasteiger partial charge on any atom is -0.381 e. The molecule has 0 spiro atoms. The average Bonchev–Trinajstić information content (AvgIpc) is 2.45. The Balaban J connectivity index is 1.70. The molecule has 1 aliphatic heterocycles. The van der Waals surface area contributed by atoms with Crippen molar-refractivity contribution in [1.82, 2.24) is 5.32 Å². The summed E-state index contributed by atoms with van der Waals surface area (Å²) in [5.74, 6) is -0.285. The summed E-state index contributed by atoms with van der Waals surface area (Å²) in [6.45, 7) is -1.04. The van der Waals surface area contributed by atoms with E-state index in [1.54, 1.807) is 0 Å². The molecule has 8 heteroatoms. The first-order valence-corrected chi connectivity index (χ1v) is 6.47. The van der Waals surface area contributed by atoms with E-state index in [0.29, 0.717) is 6.54 Å². The highest BCUT2D eigenvalue weighted by molar-refractivity contribution is 5.88. The van der Waals surface area contributed by atoms with Gasteiger partial charge in [-0.2, -0.15) is 13.2 Å². The number of para-hydroxylation sites is 2. The van der Waals surface area contributed by atoms with Gasteiger partial charge in [0.05, 0.1) is 18.0 Å². The van der Waals surface area contributed by atoms with Crippen LogP contribution in [-0.4, -0.2) is 44.4 Å². The topological polar surface area (TPSA) is 62.4 Å². The number of anilines is 2. The molecule has 1 aliphatic rings. The molecule has 5 nitrogen and oxygen atoms in total. The van der Waals surface area contributed by atoms with Gasteiger partial charge in [0.15, 0.2) is 0 Å². The van der Waals surface area contributed by atoms with Gasteiger partial charge in [-0.05, 0) is 12.1 Å². The van der Waals surface area contributed by atoms with Crippen LogP contribution in [0.2, 0.25) is 0 Å². The van der Waals surface area contributed by atoms with E-state index >= 15 is 0 Å². The van der Waals surface area contributed by atoms with E-state index in [1.165, 1.54) is 0 Å². The Morgan fingerprint density at radius 1 is 1.33 bits per heavy atom.